The third kappa shape index (κ3) is 14.0. The van der Waals surface area contributed by atoms with E-state index in [1.54, 1.807) is 6.92 Å². The number of aliphatic carboxylic acids is 3. The Kier molecular flexibility index (Phi) is 15.7. The topological polar surface area (TPSA) is 264 Å². The van der Waals surface area contributed by atoms with Gasteiger partial charge in [0.1, 0.15) is 30.2 Å². The van der Waals surface area contributed by atoms with Crippen LogP contribution in [0.4, 0.5) is 4.79 Å². The lowest BCUT2D eigenvalue weighted by Crippen LogP contribution is -2.52. The van der Waals surface area contributed by atoms with Crippen LogP contribution in [-0.4, -0.2) is 93.9 Å². The highest BCUT2D eigenvalue weighted by atomic mass is 16.5. The molecule has 0 saturated carbocycles. The molecular weight excluding hydrogens is 510 g/mol. The zero-order valence-electron chi connectivity index (χ0n) is 21.5. The maximum absolute atomic E-state index is 12.5. The third-order valence-electron chi connectivity index (χ3n) is 5.15. The van der Waals surface area contributed by atoms with E-state index in [2.05, 4.69) is 21.3 Å². The first-order valence-corrected chi connectivity index (χ1v) is 12.0. The fraction of sp³-hybridized carbons (Fsp3) is 0.682. The Labute approximate surface area is 219 Å². The first kappa shape index (κ1) is 34.0. The Hall–Kier alpha value is -3.95. The van der Waals surface area contributed by atoms with Crippen molar-refractivity contribution < 1.29 is 53.6 Å². The van der Waals surface area contributed by atoms with Gasteiger partial charge in [0, 0.05) is 6.42 Å². The van der Waals surface area contributed by atoms with Crippen molar-refractivity contribution in [3.8, 4) is 0 Å². The van der Waals surface area contributed by atoms with Gasteiger partial charge in [0.05, 0.1) is 6.61 Å². The second-order valence-corrected chi connectivity index (χ2v) is 8.50. The van der Waals surface area contributed by atoms with Gasteiger partial charge in [-0.15, -0.1) is 0 Å². The number of carbonyl (C=O) groups is 7. The van der Waals surface area contributed by atoms with E-state index < -0.39 is 78.4 Å². The first-order valence-electron chi connectivity index (χ1n) is 12.0. The molecule has 0 heterocycles. The standard InChI is InChI=1S/C22H37N5O11/c1-4-10-38-22(37)25-11(2)17(29)27-15(21(35)36)8-9-16(28)26-14(7-5-6-13(23)20(33)34)18(30)24-12(3)19(31)32/h11-15H,4-10,23H2,1-3H3,(H,24,30)(H,25,37)(H,26,28)(H,27,29)(H,31,32)(H,33,34)(H,35,36). The van der Waals surface area contributed by atoms with Gasteiger partial charge in [0.25, 0.3) is 0 Å². The molecule has 0 aromatic rings. The predicted molar refractivity (Wildman–Crippen MR) is 130 cm³/mol. The van der Waals surface area contributed by atoms with Gasteiger partial charge in [-0.05, 0) is 46.0 Å². The van der Waals surface area contributed by atoms with Crippen LogP contribution in [0.3, 0.4) is 0 Å². The highest BCUT2D eigenvalue weighted by Crippen LogP contribution is 2.07. The lowest BCUT2D eigenvalue weighted by molar-refractivity contribution is -0.142. The van der Waals surface area contributed by atoms with E-state index in [1.807, 2.05) is 0 Å². The summed E-state index contributed by atoms with van der Waals surface area (Å²) in [7, 11) is 0. The monoisotopic (exact) mass is 547 g/mol. The second-order valence-electron chi connectivity index (χ2n) is 8.50. The van der Waals surface area contributed by atoms with Crippen LogP contribution in [0.5, 0.6) is 0 Å². The molecule has 216 valence electrons. The zero-order chi connectivity index (χ0) is 29.4. The summed E-state index contributed by atoms with van der Waals surface area (Å²) in [5, 5.41) is 36.3. The van der Waals surface area contributed by atoms with Crippen LogP contribution in [0.1, 0.15) is 59.3 Å². The molecule has 16 nitrogen and oxygen atoms in total. The molecule has 0 radical (unpaired) electrons. The van der Waals surface area contributed by atoms with Gasteiger partial charge in [0.15, 0.2) is 0 Å². The lowest BCUT2D eigenvalue weighted by atomic mass is 10.0. The average molecular weight is 548 g/mol. The summed E-state index contributed by atoms with van der Waals surface area (Å²) in [6, 6.07) is -6.35. The van der Waals surface area contributed by atoms with E-state index in [0.29, 0.717) is 6.42 Å². The minimum atomic E-state index is -1.50. The maximum Gasteiger partial charge on any atom is 0.407 e. The van der Waals surface area contributed by atoms with Crippen molar-refractivity contribution in [2.45, 2.75) is 89.5 Å². The maximum atomic E-state index is 12.5. The minimum Gasteiger partial charge on any atom is -0.480 e. The molecule has 5 atom stereocenters. The van der Waals surface area contributed by atoms with E-state index >= 15 is 0 Å². The summed E-state index contributed by atoms with van der Waals surface area (Å²) in [6.45, 7) is 4.43. The van der Waals surface area contributed by atoms with E-state index in [1.165, 1.54) is 13.8 Å². The molecular formula is C22H37N5O11. The molecule has 0 saturated heterocycles. The van der Waals surface area contributed by atoms with Crippen LogP contribution < -0.4 is 27.0 Å². The highest BCUT2D eigenvalue weighted by molar-refractivity contribution is 5.91. The number of nitrogens with two attached hydrogens (primary N) is 1. The van der Waals surface area contributed by atoms with Crippen LogP contribution in [-0.2, 0) is 33.5 Å². The first-order chi connectivity index (χ1) is 17.7. The van der Waals surface area contributed by atoms with Gasteiger partial charge >= 0.3 is 24.0 Å². The summed E-state index contributed by atoms with van der Waals surface area (Å²) >= 11 is 0. The van der Waals surface area contributed by atoms with Crippen molar-refractivity contribution in [3.05, 3.63) is 0 Å². The van der Waals surface area contributed by atoms with Crippen molar-refractivity contribution in [3.63, 3.8) is 0 Å². The SMILES string of the molecule is CCCOC(=O)NC(C)C(=O)NC(CCC(=O)NC(CCCC(N)C(=O)O)C(=O)NC(C)C(=O)O)C(=O)O. The number of hydrogen-bond acceptors (Lipinski definition) is 9. The average Bonchev–Trinajstić information content (AvgIpc) is 2.83. The number of carbonyl (C=O) groups excluding carboxylic acids is 4. The number of amides is 4. The van der Waals surface area contributed by atoms with Crippen LogP contribution in [0.25, 0.3) is 0 Å². The van der Waals surface area contributed by atoms with Gasteiger partial charge in [-0.25, -0.2) is 9.59 Å². The Balaban J connectivity index is 5.10. The minimum absolute atomic E-state index is 0.0191. The third-order valence-corrected chi connectivity index (χ3v) is 5.15. The quantitative estimate of drug-likeness (QED) is 0.0976. The molecule has 0 fully saturated rings. The molecule has 0 bridgehead atoms. The molecule has 16 heteroatoms. The summed E-state index contributed by atoms with van der Waals surface area (Å²) in [4.78, 5) is 82.3. The molecule has 38 heavy (non-hydrogen) atoms. The molecule has 0 aliphatic carbocycles. The van der Waals surface area contributed by atoms with Gasteiger partial charge in [-0.2, -0.15) is 0 Å². The zero-order valence-corrected chi connectivity index (χ0v) is 21.5. The van der Waals surface area contributed by atoms with Gasteiger partial charge < -0.3 is 47.1 Å². The van der Waals surface area contributed by atoms with Crippen molar-refractivity contribution in [1.29, 1.82) is 0 Å². The van der Waals surface area contributed by atoms with E-state index in [0.717, 1.165) is 0 Å². The Morgan fingerprint density at radius 3 is 1.89 bits per heavy atom. The van der Waals surface area contributed by atoms with E-state index in [-0.39, 0.29) is 32.3 Å². The largest absolute Gasteiger partial charge is 0.480 e. The number of hydrogen-bond donors (Lipinski definition) is 8. The van der Waals surface area contributed by atoms with E-state index in [9.17, 15) is 38.7 Å². The lowest BCUT2D eigenvalue weighted by Gasteiger charge is -2.21. The molecule has 0 aromatic carbocycles. The van der Waals surface area contributed by atoms with Crippen LogP contribution in [0.15, 0.2) is 0 Å². The summed E-state index contributed by atoms with van der Waals surface area (Å²) in [6.07, 6.45) is -1.09. The van der Waals surface area contributed by atoms with Crippen molar-refractivity contribution in [2.75, 3.05) is 6.61 Å². The van der Waals surface area contributed by atoms with Gasteiger partial charge in [0.2, 0.25) is 17.7 Å². The molecule has 0 aliphatic rings. The number of rotatable bonds is 18. The molecule has 0 spiro atoms. The Bertz CT molecular complexity index is 867. The summed E-state index contributed by atoms with van der Waals surface area (Å²) in [5.41, 5.74) is 5.43. The molecule has 0 rings (SSSR count). The Morgan fingerprint density at radius 1 is 0.737 bits per heavy atom. The summed E-state index contributed by atoms with van der Waals surface area (Å²) < 4.78 is 4.79. The van der Waals surface area contributed by atoms with E-state index in [4.69, 9.17) is 20.7 Å². The normalized spacial score (nSPS) is 14.5. The number of alkyl carbamates (subject to hydrolysis) is 1. The fourth-order valence-electron chi connectivity index (χ4n) is 2.88. The molecule has 5 unspecified atom stereocenters. The Morgan fingerprint density at radius 2 is 1.37 bits per heavy atom. The predicted octanol–water partition coefficient (Wildman–Crippen LogP) is -1.48. The van der Waals surface area contributed by atoms with Crippen molar-refractivity contribution in [2.24, 2.45) is 5.73 Å². The number of carboxylic acid groups (broad SMARTS) is 3. The smallest absolute Gasteiger partial charge is 0.407 e. The number of nitrogens with one attached hydrogen (secondary N) is 4. The van der Waals surface area contributed by atoms with Crippen LogP contribution in [0.2, 0.25) is 0 Å². The number of ether oxygens (including phenoxy) is 1. The highest BCUT2D eigenvalue weighted by Gasteiger charge is 2.27. The molecule has 4 amide bonds. The molecule has 9 N–H and O–H groups in total. The van der Waals surface area contributed by atoms with Crippen LogP contribution in [0, 0.1) is 0 Å². The fourth-order valence-corrected chi connectivity index (χ4v) is 2.88. The van der Waals surface area contributed by atoms with Crippen molar-refractivity contribution >= 4 is 41.7 Å². The van der Waals surface area contributed by atoms with Gasteiger partial charge in [-0.1, -0.05) is 6.92 Å². The number of carboxylic acids is 3. The van der Waals surface area contributed by atoms with Gasteiger partial charge in [-0.3, -0.25) is 24.0 Å². The second kappa shape index (κ2) is 17.5. The molecule has 0 aliphatic heterocycles. The molecule has 0 aromatic heterocycles. The summed E-state index contributed by atoms with van der Waals surface area (Å²) in [5.74, 6) is -6.46. The van der Waals surface area contributed by atoms with Crippen molar-refractivity contribution in [1.82, 2.24) is 21.3 Å². The van der Waals surface area contributed by atoms with Crippen LogP contribution >= 0.6 is 0 Å².